The standard InChI is InChI=1S/C60H85N6O12.2F6P/c1-41(67)73-40-51-52(74-42(2)68)53(75-43(3)69)54(76-44(4)70)56(77-51)63-33-28-46(29-34-63)55(71)61-30-22-15-17-23-31-64-39-49(66(62-64)38-45-25-19-18-20-26-45)27-21-14-16-24-32-65(57(72)78-60(11,12)13)50-36-47(58(5,6)7)35-48(37-50)59(8,9)10;2*1-7(2,3,4,5)6/h18-20,25-26,28-29,33-37,39,51-54,56H,14-17,21-24,27,30-32,38,40H2,1-13H3;;/q+1;2*-1/p+1/t51-,52-,53+,54+,56+;;/m1../s1. The molecular weight excluding hydrogens is 1290 g/mol. The zero-order valence-electron chi connectivity index (χ0n) is 53.9. The Hall–Kier alpha value is -6.67. The molecule has 0 saturated carbocycles. The molecular formula is C60H86F12N6O12P2. The van der Waals surface area contributed by atoms with Gasteiger partial charge in [0.25, 0.3) is 5.91 Å². The second kappa shape index (κ2) is 30.2. The van der Waals surface area contributed by atoms with Crippen molar-refractivity contribution in [1.29, 1.82) is 0 Å². The van der Waals surface area contributed by atoms with Crippen molar-refractivity contribution in [3.05, 3.63) is 107 Å². The SMILES string of the molecule is CC(=O)OC[C@H]1O[C@H]([n+]2ccc(C(=O)NCCCCCC[n+]3cc(CCCCCCN(C(=O)OC(C)(C)C)c4cc(C(C)(C)C)cc(C(C)(C)C)c4)n(Cc4ccccc4)n3)cc2)[C@@H](OC(C)=O)[C@@H](OC(C)=O)[C@@H]1OC(C)=O.F[P-](F)(F)(F)(F)F.F[P-](F)(F)(F)(F)F. The summed E-state index contributed by atoms with van der Waals surface area (Å²) in [5, 5.41) is 7.98. The number of nitrogens with zero attached hydrogens (tertiary/aromatic N) is 5. The summed E-state index contributed by atoms with van der Waals surface area (Å²) in [5.41, 5.74) is 5.17. The third kappa shape index (κ3) is 34.3. The van der Waals surface area contributed by atoms with E-state index in [1.807, 2.05) is 48.6 Å². The topological polar surface area (TPSA) is 199 Å². The van der Waals surface area contributed by atoms with Crippen LogP contribution in [-0.4, -0.2) is 95.5 Å². The number of unbranched alkanes of at least 4 members (excludes halogenated alkanes) is 6. The summed E-state index contributed by atoms with van der Waals surface area (Å²) < 4.78 is 158. The van der Waals surface area contributed by atoms with E-state index in [0.717, 1.165) is 83.9 Å². The van der Waals surface area contributed by atoms with E-state index < -0.39 is 75.7 Å². The fourth-order valence-electron chi connectivity index (χ4n) is 9.12. The van der Waals surface area contributed by atoms with E-state index >= 15 is 0 Å². The van der Waals surface area contributed by atoms with E-state index in [0.29, 0.717) is 25.2 Å². The number of hydrogen-bond donors (Lipinski definition) is 1. The van der Waals surface area contributed by atoms with Crippen LogP contribution in [0.3, 0.4) is 0 Å². The summed E-state index contributed by atoms with van der Waals surface area (Å²) in [6, 6.07) is 20.1. The molecule has 3 heterocycles. The van der Waals surface area contributed by atoms with Crippen LogP contribution < -0.4 is 19.5 Å². The van der Waals surface area contributed by atoms with Crippen molar-refractivity contribution in [2.45, 2.75) is 208 Å². The summed E-state index contributed by atoms with van der Waals surface area (Å²) in [6.45, 7) is 25.8. The van der Waals surface area contributed by atoms with Crippen LogP contribution in [0, 0.1) is 0 Å². The number of esters is 4. The van der Waals surface area contributed by atoms with Crippen molar-refractivity contribution < 1.29 is 117 Å². The van der Waals surface area contributed by atoms with Crippen LogP contribution in [0.15, 0.2) is 79.3 Å². The number of ether oxygens (including phenoxy) is 6. The third-order valence-corrected chi connectivity index (χ3v) is 13.1. The number of hydrogen-bond acceptors (Lipinski definition) is 13. The van der Waals surface area contributed by atoms with Crippen LogP contribution in [0.5, 0.6) is 0 Å². The first-order valence-electron chi connectivity index (χ1n) is 29.5. The number of amides is 2. The van der Waals surface area contributed by atoms with E-state index in [4.69, 9.17) is 33.6 Å². The Kier molecular flexibility index (Phi) is 26.1. The molecule has 0 bridgehead atoms. The van der Waals surface area contributed by atoms with Crippen LogP contribution in [0.4, 0.5) is 60.8 Å². The van der Waals surface area contributed by atoms with Gasteiger partial charge in [-0.2, -0.15) is 4.57 Å². The normalized spacial score (nSPS) is 18.5. The van der Waals surface area contributed by atoms with Gasteiger partial charge < -0.3 is 33.7 Å². The molecule has 4 aromatic rings. The number of benzene rings is 2. The fourth-order valence-corrected chi connectivity index (χ4v) is 9.12. The van der Waals surface area contributed by atoms with Crippen LogP contribution >= 0.6 is 15.6 Å². The average Bonchev–Trinajstić information content (AvgIpc) is 0.988. The molecule has 5 atom stereocenters. The van der Waals surface area contributed by atoms with Gasteiger partial charge in [0.05, 0.1) is 10.8 Å². The quantitative estimate of drug-likeness (QED) is 0.0174. The van der Waals surface area contributed by atoms with E-state index in [2.05, 4.69) is 88.1 Å². The number of carbonyl (C=O) groups excluding carboxylic acids is 6. The van der Waals surface area contributed by atoms with Crippen LogP contribution in [-0.2, 0) is 77.9 Å². The molecule has 0 spiro atoms. The predicted octanol–water partition coefficient (Wildman–Crippen LogP) is 15.7. The fraction of sp³-hybridized carbons (Fsp3) is 0.583. The molecule has 2 aromatic heterocycles. The van der Waals surface area contributed by atoms with Gasteiger partial charge in [0.15, 0.2) is 36.5 Å². The predicted molar refractivity (Wildman–Crippen MR) is 319 cm³/mol. The van der Waals surface area contributed by atoms with E-state index in [1.54, 1.807) is 24.5 Å². The number of rotatable bonds is 24. The van der Waals surface area contributed by atoms with Crippen molar-refractivity contribution >= 4 is 57.2 Å². The Labute approximate surface area is 527 Å². The molecule has 1 aliphatic heterocycles. The van der Waals surface area contributed by atoms with E-state index in [9.17, 15) is 79.1 Å². The molecule has 32 heteroatoms. The number of anilines is 1. The minimum atomic E-state index is -10.7. The van der Waals surface area contributed by atoms with E-state index in [1.165, 1.54) is 40.8 Å². The zero-order valence-corrected chi connectivity index (χ0v) is 55.6. The van der Waals surface area contributed by atoms with Crippen molar-refractivity contribution in [3.63, 3.8) is 0 Å². The number of aryl methyl sites for hydroxylation is 2. The monoisotopic (exact) mass is 1370 g/mol. The number of nitrogens with one attached hydrogen (secondary N) is 1. The van der Waals surface area contributed by atoms with Crippen LogP contribution in [0.25, 0.3) is 0 Å². The molecule has 5 rings (SSSR count). The van der Waals surface area contributed by atoms with Gasteiger partial charge >= 0.3 is 102 Å². The van der Waals surface area contributed by atoms with Crippen molar-refractivity contribution in [2.24, 2.45) is 0 Å². The molecule has 18 nitrogen and oxygen atoms in total. The first kappa shape index (κ1) is 79.6. The Balaban J connectivity index is 0.00000141. The minimum absolute atomic E-state index is 0.0919. The number of halogens is 12. The maximum absolute atomic E-state index is 13.8. The zero-order chi connectivity index (χ0) is 70.2. The molecule has 0 unspecified atom stereocenters. The first-order valence-corrected chi connectivity index (χ1v) is 33.5. The van der Waals surface area contributed by atoms with Crippen molar-refractivity contribution in [2.75, 3.05) is 24.6 Å². The molecule has 1 N–H and O–H groups in total. The van der Waals surface area contributed by atoms with Gasteiger partial charge in [-0.15, -0.1) is 9.36 Å². The first-order chi connectivity index (χ1) is 41.6. The van der Waals surface area contributed by atoms with Gasteiger partial charge in [-0.25, -0.2) is 4.79 Å². The average molecular weight is 1370 g/mol. The number of carbonyl (C=O) groups is 6. The maximum atomic E-state index is 13.8. The molecule has 92 heavy (non-hydrogen) atoms. The Morgan fingerprint density at radius 2 is 1.11 bits per heavy atom. The molecule has 0 radical (unpaired) electrons. The second-order valence-electron chi connectivity index (χ2n) is 25.2. The van der Waals surface area contributed by atoms with Crippen molar-refractivity contribution in [3.8, 4) is 0 Å². The number of pyridine rings is 1. The summed E-state index contributed by atoms with van der Waals surface area (Å²) in [7, 11) is -21.3. The summed E-state index contributed by atoms with van der Waals surface area (Å²) in [6.07, 6.45) is 7.02. The summed E-state index contributed by atoms with van der Waals surface area (Å²) in [5.74, 6) is -3.07. The van der Waals surface area contributed by atoms with E-state index in [-0.39, 0.29) is 29.4 Å². The molecule has 1 aliphatic rings. The molecule has 0 aliphatic carbocycles. The Bertz CT molecular complexity index is 3060. The van der Waals surface area contributed by atoms with Crippen LogP contribution in [0.1, 0.15) is 180 Å². The third-order valence-electron chi connectivity index (χ3n) is 13.1. The Morgan fingerprint density at radius 3 is 1.61 bits per heavy atom. The van der Waals surface area contributed by atoms with Gasteiger partial charge in [-0.1, -0.05) is 97.2 Å². The molecule has 1 saturated heterocycles. The Morgan fingerprint density at radius 1 is 0.620 bits per heavy atom. The van der Waals surface area contributed by atoms with Gasteiger partial charge in [-0.3, -0.25) is 28.9 Å². The molecule has 2 amide bonds. The van der Waals surface area contributed by atoms with Crippen molar-refractivity contribution in [1.82, 2.24) is 15.2 Å². The van der Waals surface area contributed by atoms with Crippen LogP contribution in [0.2, 0.25) is 0 Å². The number of aromatic nitrogens is 4. The second-order valence-corrected chi connectivity index (χ2v) is 29.0. The molecule has 522 valence electrons. The summed E-state index contributed by atoms with van der Waals surface area (Å²) >= 11 is 0. The molecule has 2 aromatic carbocycles. The summed E-state index contributed by atoms with van der Waals surface area (Å²) in [4.78, 5) is 77.3. The van der Waals surface area contributed by atoms with Gasteiger partial charge in [-0.05, 0) is 92.5 Å². The van der Waals surface area contributed by atoms with Gasteiger partial charge in [0.2, 0.25) is 6.10 Å². The van der Waals surface area contributed by atoms with Gasteiger partial charge in [0, 0.05) is 65.0 Å². The van der Waals surface area contributed by atoms with Gasteiger partial charge in [0.1, 0.15) is 31.4 Å². The molecule has 1 fully saturated rings.